The quantitative estimate of drug-likeness (QED) is 0.477. The van der Waals surface area contributed by atoms with Crippen molar-refractivity contribution >= 4 is 35.8 Å². The molecule has 0 spiro atoms. The fraction of sp³-hybridized carbons (Fsp3) is 0.565. The summed E-state index contributed by atoms with van der Waals surface area (Å²) in [5.74, 6) is -0.109. The fourth-order valence-electron chi connectivity index (χ4n) is 3.97. The average Bonchev–Trinajstić information content (AvgIpc) is 3.02. The Balaban J connectivity index is 2.18. The molecule has 31 heavy (non-hydrogen) atoms. The van der Waals surface area contributed by atoms with E-state index in [4.69, 9.17) is 0 Å². The molecule has 1 aliphatic rings. The number of rotatable bonds is 12. The summed E-state index contributed by atoms with van der Waals surface area (Å²) in [7, 11) is 0. The van der Waals surface area contributed by atoms with Crippen molar-refractivity contribution in [3.63, 3.8) is 0 Å². The van der Waals surface area contributed by atoms with E-state index in [2.05, 4.69) is 10.6 Å². The molecule has 1 unspecified atom stereocenters. The van der Waals surface area contributed by atoms with E-state index < -0.39 is 18.1 Å². The minimum Gasteiger partial charge on any atom is -0.347 e. The number of amides is 3. The van der Waals surface area contributed by atoms with E-state index in [1.165, 1.54) is 0 Å². The second-order valence-corrected chi connectivity index (χ2v) is 9.26. The number of thioether (sulfide) groups is 1. The van der Waals surface area contributed by atoms with E-state index in [1.807, 2.05) is 57.4 Å². The molecule has 170 valence electrons. The maximum Gasteiger partial charge on any atom is 0.246 e. The number of hydrogen-bond acceptors (Lipinski definition) is 5. The van der Waals surface area contributed by atoms with Gasteiger partial charge in [-0.25, -0.2) is 0 Å². The van der Waals surface area contributed by atoms with Crippen molar-refractivity contribution in [2.24, 2.45) is 5.92 Å². The SMILES string of the molecule is CSCC[C@@H](NC=O)C(=O)N[C@@H]1CC(C)N([C@H](Cc2ccccc2)C(=O)C(C)C)C1=O. The van der Waals surface area contributed by atoms with Gasteiger partial charge >= 0.3 is 0 Å². The first-order valence-electron chi connectivity index (χ1n) is 10.7. The van der Waals surface area contributed by atoms with Crippen LogP contribution in [0, 0.1) is 5.92 Å². The summed E-state index contributed by atoms with van der Waals surface area (Å²) in [6.07, 6.45) is 3.78. The normalized spacial score (nSPS) is 20.4. The maximum absolute atomic E-state index is 13.3. The molecule has 0 aromatic heterocycles. The standard InChI is InChI=1S/C23H33N3O4S/c1-15(2)21(28)20(13-17-8-6-5-7-9-17)26-16(3)12-19(23(26)30)25-22(29)18(24-14-27)10-11-31-4/h5-9,14-16,18-20H,10-13H2,1-4H3,(H,24,27)(H,25,29)/t16?,18-,19-,20-/m1/s1. The van der Waals surface area contributed by atoms with Gasteiger partial charge in [-0.15, -0.1) is 0 Å². The summed E-state index contributed by atoms with van der Waals surface area (Å²) in [6, 6.07) is 7.51. The number of nitrogens with one attached hydrogen (secondary N) is 2. The van der Waals surface area contributed by atoms with Gasteiger partial charge in [0.25, 0.3) is 0 Å². The van der Waals surface area contributed by atoms with E-state index in [0.717, 1.165) is 5.56 Å². The first-order valence-corrected chi connectivity index (χ1v) is 12.1. The Bertz CT molecular complexity index is 771. The molecule has 1 aliphatic heterocycles. The van der Waals surface area contributed by atoms with Crippen LogP contribution in [0.25, 0.3) is 0 Å². The summed E-state index contributed by atoms with van der Waals surface area (Å²) in [6.45, 7) is 5.59. The molecule has 1 saturated heterocycles. The van der Waals surface area contributed by atoms with Crippen molar-refractivity contribution in [3.05, 3.63) is 35.9 Å². The second kappa shape index (κ2) is 11.9. The summed E-state index contributed by atoms with van der Waals surface area (Å²) >= 11 is 1.58. The molecule has 0 bridgehead atoms. The fourth-order valence-corrected chi connectivity index (χ4v) is 4.44. The first-order chi connectivity index (χ1) is 14.8. The lowest BCUT2D eigenvalue weighted by atomic mass is 9.94. The summed E-state index contributed by atoms with van der Waals surface area (Å²) in [5.41, 5.74) is 0.987. The lowest BCUT2D eigenvalue weighted by Crippen LogP contribution is -2.53. The van der Waals surface area contributed by atoms with Gasteiger partial charge in [0.05, 0.1) is 6.04 Å². The summed E-state index contributed by atoms with van der Waals surface area (Å²) in [5, 5.41) is 5.33. The molecular formula is C23H33N3O4S. The van der Waals surface area contributed by atoms with Crippen molar-refractivity contribution in [1.29, 1.82) is 0 Å². The Morgan fingerprint density at radius 3 is 2.52 bits per heavy atom. The minimum atomic E-state index is -0.703. The molecule has 8 heteroatoms. The number of carbonyl (C=O) groups excluding carboxylic acids is 4. The van der Waals surface area contributed by atoms with Gasteiger partial charge in [0.2, 0.25) is 18.2 Å². The largest absolute Gasteiger partial charge is 0.347 e. The molecule has 3 amide bonds. The van der Waals surface area contributed by atoms with Crippen LogP contribution in [0.2, 0.25) is 0 Å². The topological polar surface area (TPSA) is 95.6 Å². The molecule has 2 rings (SSSR count). The van der Waals surface area contributed by atoms with E-state index in [9.17, 15) is 19.2 Å². The van der Waals surface area contributed by atoms with Crippen molar-refractivity contribution in [3.8, 4) is 0 Å². The van der Waals surface area contributed by atoms with Crippen molar-refractivity contribution < 1.29 is 19.2 Å². The van der Waals surface area contributed by atoms with Gasteiger partial charge in [0.1, 0.15) is 12.1 Å². The number of likely N-dealkylation sites (tertiary alicyclic amines) is 1. The number of carbonyl (C=O) groups is 4. The van der Waals surface area contributed by atoms with Crippen LogP contribution in [0.1, 0.15) is 39.2 Å². The molecule has 2 N–H and O–H groups in total. The van der Waals surface area contributed by atoms with Gasteiger partial charge in [0.15, 0.2) is 5.78 Å². The highest BCUT2D eigenvalue weighted by Gasteiger charge is 2.44. The average molecular weight is 448 g/mol. The molecular weight excluding hydrogens is 414 g/mol. The molecule has 1 fully saturated rings. The first kappa shape index (κ1) is 24.9. The Hall–Kier alpha value is -2.35. The zero-order chi connectivity index (χ0) is 23.0. The van der Waals surface area contributed by atoms with E-state index >= 15 is 0 Å². The van der Waals surface area contributed by atoms with Crippen LogP contribution < -0.4 is 10.6 Å². The predicted molar refractivity (Wildman–Crippen MR) is 123 cm³/mol. The Labute approximate surface area is 188 Å². The summed E-state index contributed by atoms with van der Waals surface area (Å²) < 4.78 is 0. The maximum atomic E-state index is 13.3. The Morgan fingerprint density at radius 2 is 1.94 bits per heavy atom. The van der Waals surface area contributed by atoms with Gasteiger partial charge in [-0.05, 0) is 43.8 Å². The molecule has 4 atom stereocenters. The number of benzene rings is 1. The van der Waals surface area contributed by atoms with Gasteiger partial charge in [-0.3, -0.25) is 19.2 Å². The summed E-state index contributed by atoms with van der Waals surface area (Å²) in [4.78, 5) is 51.5. The lowest BCUT2D eigenvalue weighted by Gasteiger charge is -2.32. The zero-order valence-corrected chi connectivity index (χ0v) is 19.5. The van der Waals surface area contributed by atoms with Crippen LogP contribution in [-0.4, -0.2) is 65.1 Å². The van der Waals surface area contributed by atoms with Crippen LogP contribution >= 0.6 is 11.8 Å². The van der Waals surface area contributed by atoms with Crippen LogP contribution in [0.3, 0.4) is 0 Å². The molecule has 0 aliphatic carbocycles. The molecule has 0 saturated carbocycles. The monoisotopic (exact) mass is 447 g/mol. The predicted octanol–water partition coefficient (Wildman–Crippen LogP) is 1.80. The number of ketones is 1. The third-order valence-corrected chi connectivity index (χ3v) is 6.27. The van der Waals surface area contributed by atoms with Crippen LogP contribution in [-0.2, 0) is 25.6 Å². The number of Topliss-reactive ketones (excluding diaryl/α,β-unsaturated/α-hetero) is 1. The van der Waals surface area contributed by atoms with Gasteiger partial charge in [-0.1, -0.05) is 44.2 Å². The smallest absolute Gasteiger partial charge is 0.246 e. The molecule has 1 aromatic carbocycles. The van der Waals surface area contributed by atoms with Gasteiger partial charge < -0.3 is 15.5 Å². The number of hydrogen-bond donors (Lipinski definition) is 2. The third kappa shape index (κ3) is 6.56. The van der Waals surface area contributed by atoms with Crippen LogP contribution in [0.5, 0.6) is 0 Å². The Kier molecular flexibility index (Phi) is 9.55. The minimum absolute atomic E-state index is 0.0106. The second-order valence-electron chi connectivity index (χ2n) is 8.27. The third-order valence-electron chi connectivity index (χ3n) is 5.62. The van der Waals surface area contributed by atoms with Crippen LogP contribution in [0.15, 0.2) is 30.3 Å². The van der Waals surface area contributed by atoms with Gasteiger partial charge in [-0.2, -0.15) is 11.8 Å². The van der Waals surface area contributed by atoms with E-state index in [1.54, 1.807) is 16.7 Å². The number of nitrogens with zero attached hydrogens (tertiary/aromatic N) is 1. The van der Waals surface area contributed by atoms with Crippen molar-refractivity contribution in [1.82, 2.24) is 15.5 Å². The van der Waals surface area contributed by atoms with E-state index in [0.29, 0.717) is 31.4 Å². The van der Waals surface area contributed by atoms with E-state index in [-0.39, 0.29) is 29.6 Å². The van der Waals surface area contributed by atoms with Gasteiger partial charge in [0, 0.05) is 12.0 Å². The van der Waals surface area contributed by atoms with Crippen molar-refractivity contribution in [2.45, 2.75) is 64.2 Å². The van der Waals surface area contributed by atoms with Crippen molar-refractivity contribution in [2.75, 3.05) is 12.0 Å². The zero-order valence-electron chi connectivity index (χ0n) is 18.7. The molecule has 0 radical (unpaired) electrons. The molecule has 1 heterocycles. The van der Waals surface area contributed by atoms with Crippen LogP contribution in [0.4, 0.5) is 0 Å². The molecule has 1 aromatic rings. The Morgan fingerprint density at radius 1 is 1.26 bits per heavy atom. The highest BCUT2D eigenvalue weighted by atomic mass is 32.2. The highest BCUT2D eigenvalue weighted by molar-refractivity contribution is 7.98. The lowest BCUT2D eigenvalue weighted by molar-refractivity contribution is -0.141. The molecule has 7 nitrogen and oxygen atoms in total. The highest BCUT2D eigenvalue weighted by Crippen LogP contribution is 2.26.